The molecule has 0 fully saturated rings. The predicted molar refractivity (Wildman–Crippen MR) is 73.4 cm³/mol. The van der Waals surface area contributed by atoms with Gasteiger partial charge in [-0.3, -0.25) is 0 Å². The Kier molecular flexibility index (Phi) is 3.20. The molecule has 0 saturated carbocycles. The minimum absolute atomic E-state index is 0.283. The first kappa shape index (κ1) is 12.1. The molecule has 0 aliphatic rings. The molecule has 0 spiro atoms. The lowest BCUT2D eigenvalue weighted by molar-refractivity contribution is 0.632. The Bertz CT molecular complexity index is 579. The first-order chi connectivity index (χ1) is 7.99. The van der Waals surface area contributed by atoms with Crippen LogP contribution in [0.5, 0.6) is 0 Å². The summed E-state index contributed by atoms with van der Waals surface area (Å²) in [6.45, 7) is 3.96. The average Bonchev–Trinajstić information content (AvgIpc) is 2.24. The second kappa shape index (κ2) is 4.49. The van der Waals surface area contributed by atoms with E-state index in [1.165, 1.54) is 6.07 Å². The third kappa shape index (κ3) is 2.34. The summed E-state index contributed by atoms with van der Waals surface area (Å²) in [4.78, 5) is 0. The van der Waals surface area contributed by atoms with Crippen molar-refractivity contribution in [2.45, 2.75) is 13.8 Å². The molecule has 3 heteroatoms. The lowest BCUT2D eigenvalue weighted by atomic mass is 9.98. The van der Waals surface area contributed by atoms with Gasteiger partial charge in [-0.25, -0.2) is 4.39 Å². The van der Waals surface area contributed by atoms with Gasteiger partial charge in [0.2, 0.25) is 0 Å². The van der Waals surface area contributed by atoms with Crippen LogP contribution in [0.3, 0.4) is 0 Å². The van der Waals surface area contributed by atoms with E-state index in [1.807, 2.05) is 26.0 Å². The van der Waals surface area contributed by atoms with E-state index in [9.17, 15) is 4.39 Å². The zero-order valence-electron chi connectivity index (χ0n) is 9.72. The summed E-state index contributed by atoms with van der Waals surface area (Å²) in [5.41, 5.74) is 9.61. The van der Waals surface area contributed by atoms with Crippen molar-refractivity contribution in [2.75, 3.05) is 5.73 Å². The van der Waals surface area contributed by atoms with Gasteiger partial charge in [0.05, 0.1) is 0 Å². The molecule has 2 N–H and O–H groups in total. The lowest BCUT2D eigenvalue weighted by Gasteiger charge is -2.10. The van der Waals surface area contributed by atoms with Crippen molar-refractivity contribution in [3.8, 4) is 11.1 Å². The highest BCUT2D eigenvalue weighted by atomic mass is 79.9. The van der Waals surface area contributed by atoms with Gasteiger partial charge in [-0.15, -0.1) is 0 Å². The molecule has 0 bridgehead atoms. The summed E-state index contributed by atoms with van der Waals surface area (Å²) < 4.78 is 14.9. The molecule has 0 aliphatic carbocycles. The molecule has 2 aromatic carbocycles. The minimum atomic E-state index is -0.283. The molecule has 2 aromatic rings. The standard InChI is InChI=1S/C14H13BrFN/c1-8-6-13(15)9(2)5-12(8)11-4-3-10(17)7-14(11)16/h3-7H,17H2,1-2H3. The molecule has 17 heavy (non-hydrogen) atoms. The van der Waals surface area contributed by atoms with Crippen LogP contribution in [0.25, 0.3) is 11.1 Å². The summed E-state index contributed by atoms with van der Waals surface area (Å²) in [7, 11) is 0. The third-order valence-corrected chi connectivity index (χ3v) is 3.64. The molecule has 0 atom stereocenters. The molecule has 0 saturated heterocycles. The Morgan fingerprint density at radius 1 is 1.00 bits per heavy atom. The zero-order chi connectivity index (χ0) is 12.6. The maximum atomic E-state index is 13.9. The normalized spacial score (nSPS) is 10.6. The van der Waals surface area contributed by atoms with Gasteiger partial charge in [0.25, 0.3) is 0 Å². The van der Waals surface area contributed by atoms with Gasteiger partial charge in [-0.1, -0.05) is 15.9 Å². The largest absolute Gasteiger partial charge is 0.399 e. The molecule has 0 amide bonds. The molecule has 88 valence electrons. The second-order valence-corrected chi connectivity index (χ2v) is 5.01. The second-order valence-electron chi connectivity index (χ2n) is 4.16. The highest BCUT2D eigenvalue weighted by Crippen LogP contribution is 2.31. The first-order valence-electron chi connectivity index (χ1n) is 5.31. The van der Waals surface area contributed by atoms with E-state index in [0.29, 0.717) is 11.3 Å². The summed E-state index contributed by atoms with van der Waals surface area (Å²) in [6, 6.07) is 8.77. The van der Waals surface area contributed by atoms with Crippen LogP contribution in [-0.2, 0) is 0 Å². The smallest absolute Gasteiger partial charge is 0.133 e. The van der Waals surface area contributed by atoms with E-state index in [0.717, 1.165) is 21.2 Å². The van der Waals surface area contributed by atoms with Gasteiger partial charge >= 0.3 is 0 Å². The Labute approximate surface area is 109 Å². The summed E-state index contributed by atoms with van der Waals surface area (Å²) in [6.07, 6.45) is 0. The number of hydrogen-bond donors (Lipinski definition) is 1. The molecule has 0 radical (unpaired) electrons. The van der Waals surface area contributed by atoms with Crippen LogP contribution in [0, 0.1) is 19.7 Å². The fraction of sp³-hybridized carbons (Fsp3) is 0.143. The van der Waals surface area contributed by atoms with Gasteiger partial charge in [0.1, 0.15) is 5.82 Å². The van der Waals surface area contributed by atoms with Crippen molar-refractivity contribution in [1.82, 2.24) is 0 Å². The van der Waals surface area contributed by atoms with Crippen LogP contribution in [-0.4, -0.2) is 0 Å². The Morgan fingerprint density at radius 3 is 2.35 bits per heavy atom. The number of benzene rings is 2. The van der Waals surface area contributed by atoms with Crippen LogP contribution < -0.4 is 5.73 Å². The van der Waals surface area contributed by atoms with Crippen LogP contribution >= 0.6 is 15.9 Å². The molecule has 0 unspecified atom stereocenters. The van der Waals surface area contributed by atoms with Gasteiger partial charge in [0, 0.05) is 15.7 Å². The fourth-order valence-corrected chi connectivity index (χ4v) is 2.28. The number of halogens is 2. The summed E-state index contributed by atoms with van der Waals surface area (Å²) in [5.74, 6) is -0.283. The van der Waals surface area contributed by atoms with E-state index >= 15 is 0 Å². The highest BCUT2D eigenvalue weighted by molar-refractivity contribution is 9.10. The molecule has 2 rings (SSSR count). The van der Waals surface area contributed by atoms with Gasteiger partial charge in [0.15, 0.2) is 0 Å². The molecule has 0 heterocycles. The number of nitrogen functional groups attached to an aromatic ring is 1. The SMILES string of the molecule is Cc1cc(-c2ccc(N)cc2F)c(C)cc1Br. The maximum Gasteiger partial charge on any atom is 0.133 e. The summed E-state index contributed by atoms with van der Waals surface area (Å²) in [5, 5.41) is 0. The predicted octanol–water partition coefficient (Wildman–Crippen LogP) is 4.45. The molecule has 0 aromatic heterocycles. The van der Waals surface area contributed by atoms with Gasteiger partial charge < -0.3 is 5.73 Å². The minimum Gasteiger partial charge on any atom is -0.399 e. The Hall–Kier alpha value is -1.35. The van der Waals surface area contributed by atoms with Crippen LogP contribution in [0.4, 0.5) is 10.1 Å². The van der Waals surface area contributed by atoms with E-state index in [2.05, 4.69) is 15.9 Å². The highest BCUT2D eigenvalue weighted by Gasteiger charge is 2.09. The topological polar surface area (TPSA) is 26.0 Å². The zero-order valence-corrected chi connectivity index (χ0v) is 11.3. The van der Waals surface area contributed by atoms with E-state index in [4.69, 9.17) is 5.73 Å². The van der Waals surface area contributed by atoms with Crippen LogP contribution in [0.1, 0.15) is 11.1 Å². The van der Waals surface area contributed by atoms with Crippen molar-refractivity contribution in [2.24, 2.45) is 0 Å². The quantitative estimate of drug-likeness (QED) is 0.772. The van der Waals surface area contributed by atoms with Gasteiger partial charge in [-0.05, 0) is 60.9 Å². The maximum absolute atomic E-state index is 13.9. The number of rotatable bonds is 1. The Balaban J connectivity index is 2.64. The van der Waals surface area contributed by atoms with Crippen molar-refractivity contribution in [3.05, 3.63) is 51.7 Å². The average molecular weight is 294 g/mol. The van der Waals surface area contributed by atoms with Crippen molar-refractivity contribution < 1.29 is 4.39 Å². The lowest BCUT2D eigenvalue weighted by Crippen LogP contribution is -1.92. The summed E-state index contributed by atoms with van der Waals surface area (Å²) >= 11 is 3.47. The third-order valence-electron chi connectivity index (χ3n) is 2.79. The van der Waals surface area contributed by atoms with E-state index < -0.39 is 0 Å². The van der Waals surface area contributed by atoms with Crippen LogP contribution in [0.15, 0.2) is 34.8 Å². The molecular weight excluding hydrogens is 281 g/mol. The molecule has 0 aliphatic heterocycles. The van der Waals surface area contributed by atoms with E-state index in [1.54, 1.807) is 12.1 Å². The number of aryl methyl sites for hydroxylation is 2. The Morgan fingerprint density at radius 2 is 1.71 bits per heavy atom. The monoisotopic (exact) mass is 293 g/mol. The molecule has 1 nitrogen and oxygen atoms in total. The number of nitrogens with two attached hydrogens (primary N) is 1. The van der Waals surface area contributed by atoms with Crippen molar-refractivity contribution in [3.63, 3.8) is 0 Å². The number of anilines is 1. The van der Waals surface area contributed by atoms with E-state index in [-0.39, 0.29) is 5.82 Å². The van der Waals surface area contributed by atoms with Crippen LogP contribution in [0.2, 0.25) is 0 Å². The van der Waals surface area contributed by atoms with Gasteiger partial charge in [-0.2, -0.15) is 0 Å². The fourth-order valence-electron chi connectivity index (χ4n) is 1.82. The van der Waals surface area contributed by atoms with Crippen molar-refractivity contribution >= 4 is 21.6 Å². The van der Waals surface area contributed by atoms with Crippen molar-refractivity contribution in [1.29, 1.82) is 0 Å². The molecular formula is C14H13BrFN. The first-order valence-corrected chi connectivity index (χ1v) is 6.10. The number of hydrogen-bond acceptors (Lipinski definition) is 1.